The van der Waals surface area contributed by atoms with Gasteiger partial charge in [-0.3, -0.25) is 9.89 Å². The van der Waals surface area contributed by atoms with Crippen LogP contribution in [-0.2, 0) is 11.3 Å². The molecule has 9 heteroatoms. The molecule has 0 spiro atoms. The van der Waals surface area contributed by atoms with Crippen LogP contribution < -0.4 is 11.3 Å². The van der Waals surface area contributed by atoms with Crippen molar-refractivity contribution in [3.8, 4) is 21.7 Å². The molecule has 0 aliphatic rings. The third kappa shape index (κ3) is 2.79. The lowest BCUT2D eigenvalue weighted by atomic mass is 9.95. The van der Waals surface area contributed by atoms with Crippen LogP contribution in [0.4, 0.5) is 5.69 Å². The second kappa shape index (κ2) is 6.80. The molecule has 5 aromatic rings. The zero-order valence-electron chi connectivity index (χ0n) is 15.4. The molecule has 3 aromatic heterocycles. The van der Waals surface area contributed by atoms with Crippen molar-refractivity contribution in [2.45, 2.75) is 6.61 Å². The van der Waals surface area contributed by atoms with Crippen molar-refractivity contribution in [1.29, 1.82) is 0 Å². The molecule has 4 N–H and O–H groups in total. The molecule has 2 aromatic carbocycles. The quantitative estimate of drug-likeness (QED) is 0.395. The van der Waals surface area contributed by atoms with Gasteiger partial charge in [-0.1, -0.05) is 12.1 Å². The van der Waals surface area contributed by atoms with E-state index >= 15 is 0 Å². The summed E-state index contributed by atoms with van der Waals surface area (Å²) in [4.78, 5) is 24.8. The summed E-state index contributed by atoms with van der Waals surface area (Å²) in [5, 5.41) is 11.0. The molecule has 29 heavy (non-hydrogen) atoms. The summed E-state index contributed by atoms with van der Waals surface area (Å²) in [5.41, 5.74) is 10.4. The van der Waals surface area contributed by atoms with Crippen LogP contribution in [0.3, 0.4) is 0 Å². The lowest BCUT2D eigenvalue weighted by Gasteiger charge is -2.14. The number of thiazole rings is 1. The van der Waals surface area contributed by atoms with Gasteiger partial charge in [-0.15, -0.1) is 11.3 Å². The largest absolute Gasteiger partial charge is 0.398 e. The van der Waals surface area contributed by atoms with Crippen LogP contribution in [0, 0.1) is 0 Å². The average molecular weight is 404 g/mol. The van der Waals surface area contributed by atoms with Crippen LogP contribution in [0.25, 0.3) is 43.5 Å². The summed E-state index contributed by atoms with van der Waals surface area (Å²) in [6.07, 6.45) is 3.48. The minimum atomic E-state index is -0.307. The third-order valence-electron chi connectivity index (χ3n) is 4.79. The summed E-state index contributed by atoms with van der Waals surface area (Å²) in [6, 6.07) is 7.77. The van der Waals surface area contributed by atoms with E-state index in [1.54, 1.807) is 19.5 Å². The maximum absolute atomic E-state index is 12.9. The molecule has 0 fully saturated rings. The van der Waals surface area contributed by atoms with E-state index in [0.29, 0.717) is 22.4 Å². The predicted molar refractivity (Wildman–Crippen MR) is 114 cm³/mol. The Morgan fingerprint density at radius 1 is 1.24 bits per heavy atom. The van der Waals surface area contributed by atoms with Gasteiger partial charge in [0.25, 0.3) is 5.56 Å². The number of rotatable bonds is 4. The van der Waals surface area contributed by atoms with Crippen molar-refractivity contribution in [3.05, 3.63) is 58.2 Å². The van der Waals surface area contributed by atoms with Crippen LogP contribution >= 0.6 is 11.3 Å². The number of nitrogen functional groups attached to an aromatic ring is 1. The van der Waals surface area contributed by atoms with E-state index < -0.39 is 0 Å². The van der Waals surface area contributed by atoms with Gasteiger partial charge in [0.15, 0.2) is 0 Å². The molecule has 144 valence electrons. The molecule has 8 nitrogen and oxygen atoms in total. The van der Waals surface area contributed by atoms with Crippen LogP contribution in [0.1, 0.15) is 5.82 Å². The molecular weight excluding hydrogens is 388 g/mol. The SMILES string of the molecule is COCc1nc2c(-c3nccs3)cc(-c3cccc4[nH]ncc34)c(N)c2c(=O)[nH]1. The summed E-state index contributed by atoms with van der Waals surface area (Å²) in [6.45, 7) is 0.193. The fourth-order valence-corrected chi connectivity index (χ4v) is 4.20. The highest BCUT2D eigenvalue weighted by Crippen LogP contribution is 2.40. The Morgan fingerprint density at radius 2 is 2.14 bits per heavy atom. The topological polar surface area (TPSA) is 123 Å². The maximum atomic E-state index is 12.9. The average Bonchev–Trinajstić information content (AvgIpc) is 3.40. The molecule has 0 aliphatic heterocycles. The van der Waals surface area contributed by atoms with Gasteiger partial charge in [0.1, 0.15) is 17.4 Å². The summed E-state index contributed by atoms with van der Waals surface area (Å²) < 4.78 is 5.14. The fraction of sp³-hybridized carbons (Fsp3) is 0.100. The third-order valence-corrected chi connectivity index (χ3v) is 5.60. The van der Waals surface area contributed by atoms with Crippen molar-refractivity contribution in [1.82, 2.24) is 25.1 Å². The van der Waals surface area contributed by atoms with Crippen molar-refractivity contribution in [3.63, 3.8) is 0 Å². The number of methoxy groups -OCH3 is 1. The number of aromatic nitrogens is 5. The molecule has 0 atom stereocenters. The molecule has 5 rings (SSSR count). The van der Waals surface area contributed by atoms with E-state index in [1.165, 1.54) is 11.3 Å². The number of fused-ring (bicyclic) bond motifs is 2. The second-order valence-corrected chi connectivity index (χ2v) is 7.42. The smallest absolute Gasteiger partial charge is 0.260 e. The summed E-state index contributed by atoms with van der Waals surface area (Å²) >= 11 is 1.48. The number of nitrogens with two attached hydrogens (primary N) is 1. The highest BCUT2D eigenvalue weighted by Gasteiger charge is 2.20. The lowest BCUT2D eigenvalue weighted by molar-refractivity contribution is 0.178. The zero-order chi connectivity index (χ0) is 20.0. The van der Waals surface area contributed by atoms with Crippen LogP contribution in [0.5, 0.6) is 0 Å². The minimum Gasteiger partial charge on any atom is -0.398 e. The molecule has 0 aliphatic carbocycles. The fourth-order valence-electron chi connectivity index (χ4n) is 3.54. The zero-order valence-corrected chi connectivity index (χ0v) is 16.2. The molecule has 0 bridgehead atoms. The van der Waals surface area contributed by atoms with Crippen LogP contribution in [0.2, 0.25) is 0 Å². The molecule has 0 saturated heterocycles. The number of anilines is 1. The van der Waals surface area contributed by atoms with Gasteiger partial charge < -0.3 is 15.5 Å². The Bertz CT molecular complexity index is 1400. The monoisotopic (exact) mass is 404 g/mol. The molecular formula is C20H16N6O2S. The minimum absolute atomic E-state index is 0.193. The van der Waals surface area contributed by atoms with Gasteiger partial charge >= 0.3 is 0 Å². The Morgan fingerprint density at radius 3 is 2.93 bits per heavy atom. The van der Waals surface area contributed by atoms with E-state index in [0.717, 1.165) is 32.6 Å². The number of aromatic amines is 2. The van der Waals surface area contributed by atoms with Gasteiger partial charge in [-0.05, 0) is 17.7 Å². The number of nitrogens with zero attached hydrogens (tertiary/aromatic N) is 3. The lowest BCUT2D eigenvalue weighted by Crippen LogP contribution is -2.15. The van der Waals surface area contributed by atoms with Gasteiger partial charge in [-0.25, -0.2) is 9.97 Å². The van der Waals surface area contributed by atoms with Gasteiger partial charge in [0, 0.05) is 35.2 Å². The summed E-state index contributed by atoms with van der Waals surface area (Å²) in [7, 11) is 1.55. The first-order chi connectivity index (χ1) is 14.2. The van der Waals surface area contributed by atoms with Crippen molar-refractivity contribution >= 4 is 38.8 Å². The highest BCUT2D eigenvalue weighted by molar-refractivity contribution is 7.13. The Balaban J connectivity index is 1.91. The number of ether oxygens (including phenoxy) is 1. The van der Waals surface area contributed by atoms with E-state index in [2.05, 4.69) is 25.1 Å². The van der Waals surface area contributed by atoms with E-state index in [1.807, 2.05) is 29.6 Å². The molecule has 0 radical (unpaired) electrons. The first-order valence-electron chi connectivity index (χ1n) is 8.84. The second-order valence-electron chi connectivity index (χ2n) is 6.53. The Kier molecular flexibility index (Phi) is 4.11. The number of hydrogen-bond acceptors (Lipinski definition) is 7. The predicted octanol–water partition coefficient (Wildman–Crippen LogP) is 3.32. The van der Waals surface area contributed by atoms with E-state index in [-0.39, 0.29) is 12.2 Å². The standard InChI is InChI=1S/C20H16N6O2S/c1-28-9-15-24-18-12(20-22-5-6-29-20)7-11(17(21)16(18)19(27)25-15)10-3-2-4-14-13(10)8-23-26-14/h2-8H,9,21H2,1H3,(H,23,26)(H,24,25,27). The van der Waals surface area contributed by atoms with Gasteiger partial charge in [0.2, 0.25) is 0 Å². The van der Waals surface area contributed by atoms with Crippen LogP contribution in [-0.4, -0.2) is 32.3 Å². The van der Waals surface area contributed by atoms with Crippen molar-refractivity contribution in [2.75, 3.05) is 12.8 Å². The van der Waals surface area contributed by atoms with Gasteiger partial charge in [0.05, 0.1) is 28.3 Å². The molecule has 0 amide bonds. The van der Waals surface area contributed by atoms with Crippen LogP contribution in [0.15, 0.2) is 46.8 Å². The highest BCUT2D eigenvalue weighted by atomic mass is 32.1. The first-order valence-corrected chi connectivity index (χ1v) is 9.72. The summed E-state index contributed by atoms with van der Waals surface area (Å²) in [5.74, 6) is 0.437. The Hall–Kier alpha value is -3.56. The molecule has 0 unspecified atom stereocenters. The Labute approximate surface area is 168 Å². The normalized spacial score (nSPS) is 11.5. The number of hydrogen-bond donors (Lipinski definition) is 3. The first kappa shape index (κ1) is 17.5. The molecule has 3 heterocycles. The maximum Gasteiger partial charge on any atom is 0.260 e. The molecule has 0 saturated carbocycles. The van der Waals surface area contributed by atoms with E-state index in [9.17, 15) is 4.79 Å². The number of nitrogens with one attached hydrogen (secondary N) is 2. The van der Waals surface area contributed by atoms with Gasteiger partial charge in [-0.2, -0.15) is 5.10 Å². The number of benzene rings is 2. The number of H-pyrrole nitrogens is 2. The van der Waals surface area contributed by atoms with Crippen molar-refractivity contribution < 1.29 is 4.74 Å². The van der Waals surface area contributed by atoms with Crippen molar-refractivity contribution in [2.24, 2.45) is 0 Å². The van der Waals surface area contributed by atoms with E-state index in [4.69, 9.17) is 10.5 Å².